The third-order valence-electron chi connectivity index (χ3n) is 6.50. The summed E-state index contributed by atoms with van der Waals surface area (Å²) in [7, 11) is 0. The maximum absolute atomic E-state index is 13.6. The highest BCUT2D eigenvalue weighted by molar-refractivity contribution is 9.10. The average molecular weight is 620 g/mol. The molecule has 0 radical (unpaired) electrons. The Morgan fingerprint density at radius 3 is 2.71 bits per heavy atom. The Hall–Kier alpha value is -5.60. The fraction of sp³-hybridized carbons (Fsp3) is 0.0323. The fourth-order valence-electron chi connectivity index (χ4n) is 4.48. The number of nitro groups is 1. The van der Waals surface area contributed by atoms with Gasteiger partial charge < -0.3 is 9.15 Å². The molecule has 0 aliphatic carbocycles. The quantitative estimate of drug-likeness (QED) is 0.109. The average Bonchev–Trinajstić information content (AvgIpc) is 3.42. The molecule has 6 aromatic rings. The number of ether oxygens (including phenoxy) is 1. The summed E-state index contributed by atoms with van der Waals surface area (Å²) < 4.78 is 13.9. The molecule has 2 aromatic heterocycles. The summed E-state index contributed by atoms with van der Waals surface area (Å²) in [6.45, 7) is -0.0906. The van der Waals surface area contributed by atoms with Crippen molar-refractivity contribution in [3.05, 3.63) is 133 Å². The summed E-state index contributed by atoms with van der Waals surface area (Å²) in [6, 6.07) is 27.4. The molecule has 0 aliphatic heterocycles. The smallest absolute Gasteiger partial charge is 0.311 e. The third-order valence-corrected chi connectivity index (χ3v) is 6.99. The van der Waals surface area contributed by atoms with Crippen LogP contribution in [-0.2, 0) is 6.61 Å². The molecule has 0 saturated heterocycles. The van der Waals surface area contributed by atoms with Gasteiger partial charge in [-0.1, -0.05) is 52.3 Å². The van der Waals surface area contributed by atoms with E-state index < -0.39 is 10.5 Å². The van der Waals surface area contributed by atoms with Crippen LogP contribution in [0.1, 0.15) is 16.7 Å². The zero-order chi connectivity index (χ0) is 29.2. The van der Waals surface area contributed by atoms with E-state index >= 15 is 0 Å². The number of halogens is 1. The normalized spacial score (nSPS) is 11.2. The van der Waals surface area contributed by atoms with Crippen LogP contribution in [0.4, 0.5) is 5.69 Å². The molecule has 0 amide bonds. The van der Waals surface area contributed by atoms with Crippen LogP contribution in [0.3, 0.4) is 0 Å². The number of benzene rings is 4. The van der Waals surface area contributed by atoms with Gasteiger partial charge in [-0.2, -0.15) is 15.0 Å². The van der Waals surface area contributed by atoms with E-state index in [4.69, 9.17) is 9.15 Å². The van der Waals surface area contributed by atoms with E-state index in [0.29, 0.717) is 33.4 Å². The van der Waals surface area contributed by atoms with Crippen molar-refractivity contribution in [3.63, 3.8) is 0 Å². The Kier molecular flexibility index (Phi) is 7.04. The molecular weight excluding hydrogens is 602 g/mol. The number of nitrogens with zero attached hydrogens (tertiary/aromatic N) is 5. The second-order valence-corrected chi connectivity index (χ2v) is 10.0. The number of para-hydroxylation sites is 2. The van der Waals surface area contributed by atoms with Crippen molar-refractivity contribution < 1.29 is 14.1 Å². The first-order valence-electron chi connectivity index (χ1n) is 12.6. The van der Waals surface area contributed by atoms with Gasteiger partial charge in [0, 0.05) is 27.1 Å². The lowest BCUT2D eigenvalue weighted by Crippen LogP contribution is -2.20. The third kappa shape index (κ3) is 5.02. The molecule has 204 valence electrons. The van der Waals surface area contributed by atoms with Crippen molar-refractivity contribution in [2.75, 3.05) is 0 Å². The Morgan fingerprint density at radius 1 is 1.07 bits per heavy atom. The standard InChI is InChI=1S/C31H18BrN5O5/c32-23-12-13-27-22(14-23)15-28(42-27)30-35-25-10-4-3-9-24(25)31(38)36(30)34-17-20-8-5-11-26(37(39)40)29(20)41-18-21-7-2-1-6-19(21)16-33/h1-15,17H,18H2. The summed E-state index contributed by atoms with van der Waals surface area (Å²) in [5.41, 5.74) is 1.51. The minimum Gasteiger partial charge on any atom is -0.481 e. The first-order chi connectivity index (χ1) is 20.4. The summed E-state index contributed by atoms with van der Waals surface area (Å²) in [5, 5.41) is 26.9. The molecular formula is C31H18BrN5O5. The molecule has 0 unspecified atom stereocenters. The van der Waals surface area contributed by atoms with Gasteiger partial charge in [-0.3, -0.25) is 14.9 Å². The lowest BCUT2D eigenvalue weighted by atomic mass is 10.1. The molecule has 4 aromatic carbocycles. The topological polar surface area (TPSA) is 137 Å². The van der Waals surface area contributed by atoms with Gasteiger partial charge in [0.25, 0.3) is 5.56 Å². The number of nitriles is 1. The van der Waals surface area contributed by atoms with E-state index in [2.05, 4.69) is 32.1 Å². The van der Waals surface area contributed by atoms with Crippen molar-refractivity contribution in [1.29, 1.82) is 5.26 Å². The van der Waals surface area contributed by atoms with Crippen LogP contribution in [0.25, 0.3) is 33.5 Å². The van der Waals surface area contributed by atoms with Crippen molar-refractivity contribution in [2.45, 2.75) is 6.61 Å². The molecule has 0 saturated carbocycles. The van der Waals surface area contributed by atoms with Crippen molar-refractivity contribution >= 4 is 49.7 Å². The van der Waals surface area contributed by atoms with E-state index in [0.717, 1.165) is 14.5 Å². The monoisotopic (exact) mass is 619 g/mol. The number of fused-ring (bicyclic) bond motifs is 2. The predicted octanol–water partition coefficient (Wildman–Crippen LogP) is 6.81. The highest BCUT2D eigenvalue weighted by Crippen LogP contribution is 2.32. The van der Waals surface area contributed by atoms with Gasteiger partial charge in [-0.15, -0.1) is 0 Å². The molecule has 0 spiro atoms. The zero-order valence-electron chi connectivity index (χ0n) is 21.6. The fourth-order valence-corrected chi connectivity index (χ4v) is 4.86. The van der Waals surface area contributed by atoms with Crippen LogP contribution in [0.2, 0.25) is 0 Å². The lowest BCUT2D eigenvalue weighted by molar-refractivity contribution is -0.385. The molecule has 42 heavy (non-hydrogen) atoms. The zero-order valence-corrected chi connectivity index (χ0v) is 23.2. The van der Waals surface area contributed by atoms with Crippen LogP contribution in [0, 0.1) is 21.4 Å². The maximum Gasteiger partial charge on any atom is 0.311 e. The number of aromatic nitrogens is 2. The van der Waals surface area contributed by atoms with Crippen LogP contribution in [0.15, 0.2) is 110 Å². The van der Waals surface area contributed by atoms with Gasteiger partial charge in [0.1, 0.15) is 12.2 Å². The minimum atomic E-state index is -0.565. The van der Waals surface area contributed by atoms with Crippen molar-refractivity contribution in [2.24, 2.45) is 5.10 Å². The summed E-state index contributed by atoms with van der Waals surface area (Å²) >= 11 is 3.45. The Labute approximate surface area is 246 Å². The number of furan rings is 1. The number of hydrogen-bond acceptors (Lipinski definition) is 8. The summed E-state index contributed by atoms with van der Waals surface area (Å²) in [4.78, 5) is 29.6. The van der Waals surface area contributed by atoms with Gasteiger partial charge in [-0.05, 0) is 48.5 Å². The largest absolute Gasteiger partial charge is 0.481 e. The van der Waals surface area contributed by atoms with Crippen LogP contribution < -0.4 is 10.3 Å². The molecule has 10 nitrogen and oxygen atoms in total. The number of hydrogen-bond donors (Lipinski definition) is 0. The first kappa shape index (κ1) is 26.6. The second kappa shape index (κ2) is 11.1. The highest BCUT2D eigenvalue weighted by Gasteiger charge is 2.20. The summed E-state index contributed by atoms with van der Waals surface area (Å²) in [6.07, 6.45) is 1.30. The van der Waals surface area contributed by atoms with Crippen LogP contribution >= 0.6 is 15.9 Å². The van der Waals surface area contributed by atoms with E-state index in [-0.39, 0.29) is 29.4 Å². The van der Waals surface area contributed by atoms with Crippen LogP contribution in [0.5, 0.6) is 5.75 Å². The Balaban J connectivity index is 1.48. The van der Waals surface area contributed by atoms with E-state index in [9.17, 15) is 20.2 Å². The lowest BCUT2D eigenvalue weighted by Gasteiger charge is -2.11. The van der Waals surface area contributed by atoms with Crippen LogP contribution in [-0.4, -0.2) is 20.8 Å². The minimum absolute atomic E-state index is 0.0593. The SMILES string of the molecule is N#Cc1ccccc1COc1c(C=Nn2c(-c3cc4cc(Br)ccc4o3)nc3ccccc3c2=O)cccc1[N+](=O)[O-]. The molecule has 0 bridgehead atoms. The molecule has 11 heteroatoms. The predicted molar refractivity (Wildman–Crippen MR) is 160 cm³/mol. The van der Waals surface area contributed by atoms with Gasteiger partial charge in [0.2, 0.25) is 11.6 Å². The van der Waals surface area contributed by atoms with Gasteiger partial charge in [0.15, 0.2) is 5.76 Å². The van der Waals surface area contributed by atoms with Gasteiger partial charge in [-0.25, -0.2) is 4.98 Å². The molecule has 2 heterocycles. The molecule has 0 atom stereocenters. The van der Waals surface area contributed by atoms with Crippen molar-refractivity contribution in [3.8, 4) is 23.4 Å². The molecule has 0 aliphatic rings. The second-order valence-electron chi connectivity index (χ2n) is 9.12. The molecule has 0 fully saturated rings. The highest BCUT2D eigenvalue weighted by atomic mass is 79.9. The van der Waals surface area contributed by atoms with E-state index in [1.165, 1.54) is 18.3 Å². The van der Waals surface area contributed by atoms with Crippen molar-refractivity contribution in [1.82, 2.24) is 9.66 Å². The Morgan fingerprint density at radius 2 is 1.88 bits per heavy atom. The van der Waals surface area contributed by atoms with Gasteiger partial charge in [0.05, 0.1) is 33.7 Å². The van der Waals surface area contributed by atoms with E-state index in [1.54, 1.807) is 66.7 Å². The van der Waals surface area contributed by atoms with E-state index in [1.807, 2.05) is 12.1 Å². The molecule has 0 N–H and O–H groups in total. The number of rotatable bonds is 7. The summed E-state index contributed by atoms with van der Waals surface area (Å²) in [5.74, 6) is 0.403. The first-order valence-corrected chi connectivity index (χ1v) is 13.4. The Bertz CT molecular complexity index is 2140. The molecule has 6 rings (SSSR count). The number of nitro benzene ring substituents is 1. The van der Waals surface area contributed by atoms with Gasteiger partial charge >= 0.3 is 5.69 Å². The maximum atomic E-state index is 13.6.